The van der Waals surface area contributed by atoms with Gasteiger partial charge in [-0.1, -0.05) is 12.6 Å². The first kappa shape index (κ1) is 16.8. The van der Waals surface area contributed by atoms with Crippen molar-refractivity contribution in [2.75, 3.05) is 25.5 Å². The van der Waals surface area contributed by atoms with Crippen LogP contribution in [0.2, 0.25) is 0 Å². The number of carbonyl (C=O) groups is 1. The van der Waals surface area contributed by atoms with Crippen LogP contribution >= 0.6 is 0 Å². The predicted octanol–water partition coefficient (Wildman–Crippen LogP) is 2.99. The van der Waals surface area contributed by atoms with Gasteiger partial charge in [0.25, 0.3) is 0 Å². The Balaban J connectivity index is 3.07. The first-order valence-corrected chi connectivity index (χ1v) is 6.96. The van der Waals surface area contributed by atoms with E-state index in [-0.39, 0.29) is 0 Å². The summed E-state index contributed by atoms with van der Waals surface area (Å²) in [5.41, 5.74) is 2.39. The SMILES string of the molecule is C=C(c1ccc(NC=O)c(OCC)c1)N(C)/C(C)=N\CC. The quantitative estimate of drug-likeness (QED) is 0.477. The summed E-state index contributed by atoms with van der Waals surface area (Å²) in [5, 5.41) is 2.63. The Morgan fingerprint density at radius 2 is 2.19 bits per heavy atom. The maximum absolute atomic E-state index is 10.6. The molecule has 1 amide bonds. The molecule has 1 rings (SSSR count). The second-order valence-corrected chi connectivity index (χ2v) is 4.43. The third-order valence-corrected chi connectivity index (χ3v) is 3.11. The zero-order chi connectivity index (χ0) is 15.8. The molecule has 1 aromatic rings. The molecule has 114 valence electrons. The summed E-state index contributed by atoms with van der Waals surface area (Å²) in [4.78, 5) is 16.9. The molecule has 21 heavy (non-hydrogen) atoms. The van der Waals surface area contributed by atoms with Crippen molar-refractivity contribution >= 4 is 23.6 Å². The molecule has 0 radical (unpaired) electrons. The van der Waals surface area contributed by atoms with Gasteiger partial charge in [0.15, 0.2) is 0 Å². The van der Waals surface area contributed by atoms with Crippen molar-refractivity contribution in [1.29, 1.82) is 0 Å². The van der Waals surface area contributed by atoms with Gasteiger partial charge in [0.2, 0.25) is 6.41 Å². The lowest BCUT2D eigenvalue weighted by atomic mass is 10.1. The average molecular weight is 289 g/mol. The Labute approximate surface area is 126 Å². The molecule has 0 aliphatic rings. The fourth-order valence-electron chi connectivity index (χ4n) is 1.88. The second-order valence-electron chi connectivity index (χ2n) is 4.43. The molecule has 0 aliphatic heterocycles. The molecule has 0 heterocycles. The van der Waals surface area contributed by atoms with Crippen LogP contribution in [0.4, 0.5) is 5.69 Å². The first-order valence-electron chi connectivity index (χ1n) is 6.96. The number of nitrogens with zero attached hydrogens (tertiary/aromatic N) is 2. The zero-order valence-electron chi connectivity index (χ0n) is 13.1. The van der Waals surface area contributed by atoms with E-state index in [2.05, 4.69) is 16.9 Å². The van der Waals surface area contributed by atoms with Crippen molar-refractivity contribution < 1.29 is 9.53 Å². The molecule has 5 heteroatoms. The van der Waals surface area contributed by atoms with Crippen molar-refractivity contribution in [3.63, 3.8) is 0 Å². The minimum Gasteiger partial charge on any atom is -0.492 e. The van der Waals surface area contributed by atoms with Crippen LogP contribution in [-0.4, -0.2) is 37.3 Å². The Kier molecular flexibility index (Phi) is 6.46. The van der Waals surface area contributed by atoms with E-state index in [1.54, 1.807) is 6.07 Å². The molecular weight excluding hydrogens is 266 g/mol. The van der Waals surface area contributed by atoms with E-state index < -0.39 is 0 Å². The van der Waals surface area contributed by atoms with Crippen LogP contribution in [0.1, 0.15) is 26.3 Å². The molecule has 0 aromatic heterocycles. The maximum Gasteiger partial charge on any atom is 0.211 e. The van der Waals surface area contributed by atoms with Crippen molar-refractivity contribution in [3.8, 4) is 5.75 Å². The molecule has 0 aliphatic carbocycles. The Bertz CT molecular complexity index is 538. The van der Waals surface area contributed by atoms with Crippen LogP contribution in [0, 0.1) is 0 Å². The topological polar surface area (TPSA) is 53.9 Å². The Morgan fingerprint density at radius 3 is 2.76 bits per heavy atom. The second kappa shape index (κ2) is 8.09. The summed E-state index contributed by atoms with van der Waals surface area (Å²) in [6.07, 6.45) is 0.635. The van der Waals surface area contributed by atoms with E-state index in [0.717, 1.165) is 23.6 Å². The smallest absolute Gasteiger partial charge is 0.211 e. The Morgan fingerprint density at radius 1 is 1.48 bits per heavy atom. The van der Waals surface area contributed by atoms with E-state index >= 15 is 0 Å². The fraction of sp³-hybridized carbons (Fsp3) is 0.375. The average Bonchev–Trinajstić information content (AvgIpc) is 2.48. The Hall–Kier alpha value is -2.30. The van der Waals surface area contributed by atoms with E-state index in [1.165, 1.54) is 0 Å². The fourth-order valence-corrected chi connectivity index (χ4v) is 1.88. The van der Waals surface area contributed by atoms with E-state index in [0.29, 0.717) is 24.5 Å². The number of aliphatic imine (C=N–C) groups is 1. The highest BCUT2D eigenvalue weighted by Crippen LogP contribution is 2.29. The molecular formula is C16H23N3O2. The number of hydrogen-bond acceptors (Lipinski definition) is 3. The molecule has 0 saturated carbocycles. The number of amidine groups is 1. The monoisotopic (exact) mass is 289 g/mol. The maximum atomic E-state index is 10.6. The van der Waals surface area contributed by atoms with Crippen LogP contribution in [0.3, 0.4) is 0 Å². The van der Waals surface area contributed by atoms with Crippen LogP contribution in [0.25, 0.3) is 5.70 Å². The number of amides is 1. The normalized spacial score (nSPS) is 11.0. The van der Waals surface area contributed by atoms with Gasteiger partial charge in [-0.2, -0.15) is 0 Å². The standard InChI is InChI=1S/C16H23N3O2/c1-6-17-13(4)19(5)12(3)14-8-9-15(18-11-20)16(10-14)21-7-2/h8-11H,3,6-7H2,1-2,4-5H3,(H,18,20)/b17-13-. The minimum absolute atomic E-state index is 0.523. The molecule has 1 N–H and O–H groups in total. The van der Waals surface area contributed by atoms with Crippen molar-refractivity contribution in [2.24, 2.45) is 4.99 Å². The van der Waals surface area contributed by atoms with Crippen molar-refractivity contribution in [3.05, 3.63) is 30.3 Å². The molecule has 0 atom stereocenters. The third-order valence-electron chi connectivity index (χ3n) is 3.11. The molecule has 0 spiro atoms. The van der Waals surface area contributed by atoms with Gasteiger partial charge in [-0.3, -0.25) is 9.79 Å². The summed E-state index contributed by atoms with van der Waals surface area (Å²) < 4.78 is 5.56. The van der Waals surface area contributed by atoms with Crippen molar-refractivity contribution in [1.82, 2.24) is 4.90 Å². The minimum atomic E-state index is 0.523. The van der Waals surface area contributed by atoms with Gasteiger partial charge in [0.05, 0.1) is 18.1 Å². The van der Waals surface area contributed by atoms with Gasteiger partial charge in [0.1, 0.15) is 5.75 Å². The van der Waals surface area contributed by atoms with E-state index in [1.807, 2.05) is 44.9 Å². The van der Waals surface area contributed by atoms with E-state index in [9.17, 15) is 4.79 Å². The lowest BCUT2D eigenvalue weighted by molar-refractivity contribution is -0.105. The number of carbonyl (C=O) groups excluding carboxylic acids is 1. The van der Waals surface area contributed by atoms with Crippen LogP contribution < -0.4 is 10.1 Å². The largest absolute Gasteiger partial charge is 0.492 e. The number of rotatable bonds is 7. The highest BCUT2D eigenvalue weighted by atomic mass is 16.5. The summed E-state index contributed by atoms with van der Waals surface area (Å²) in [6.45, 7) is 11.2. The highest BCUT2D eigenvalue weighted by Gasteiger charge is 2.11. The van der Waals surface area contributed by atoms with Crippen molar-refractivity contribution in [2.45, 2.75) is 20.8 Å². The lowest BCUT2D eigenvalue weighted by Crippen LogP contribution is -2.22. The first-order chi connectivity index (χ1) is 10.0. The molecule has 5 nitrogen and oxygen atoms in total. The molecule has 0 saturated heterocycles. The number of ether oxygens (including phenoxy) is 1. The van der Waals surface area contributed by atoms with E-state index in [4.69, 9.17) is 4.74 Å². The summed E-state index contributed by atoms with van der Waals surface area (Å²) in [6, 6.07) is 5.57. The summed E-state index contributed by atoms with van der Waals surface area (Å²) in [7, 11) is 1.93. The number of benzene rings is 1. The van der Waals surface area contributed by atoms with Gasteiger partial charge in [-0.15, -0.1) is 0 Å². The van der Waals surface area contributed by atoms with Crippen LogP contribution in [-0.2, 0) is 4.79 Å². The van der Waals surface area contributed by atoms with Gasteiger partial charge < -0.3 is 15.0 Å². The predicted molar refractivity (Wildman–Crippen MR) is 87.7 cm³/mol. The molecule has 0 fully saturated rings. The number of nitrogens with one attached hydrogen (secondary N) is 1. The summed E-state index contributed by atoms with van der Waals surface area (Å²) in [5.74, 6) is 1.53. The third kappa shape index (κ3) is 4.34. The number of hydrogen-bond donors (Lipinski definition) is 1. The zero-order valence-corrected chi connectivity index (χ0v) is 13.1. The van der Waals surface area contributed by atoms with Gasteiger partial charge >= 0.3 is 0 Å². The van der Waals surface area contributed by atoms with Crippen LogP contribution in [0.15, 0.2) is 29.8 Å². The molecule has 1 aromatic carbocycles. The van der Waals surface area contributed by atoms with Gasteiger partial charge in [0, 0.05) is 24.9 Å². The number of anilines is 1. The van der Waals surface area contributed by atoms with Crippen LogP contribution in [0.5, 0.6) is 5.75 Å². The molecule has 0 unspecified atom stereocenters. The highest BCUT2D eigenvalue weighted by molar-refractivity contribution is 5.89. The summed E-state index contributed by atoms with van der Waals surface area (Å²) >= 11 is 0. The lowest BCUT2D eigenvalue weighted by Gasteiger charge is -2.22. The molecule has 0 bridgehead atoms. The van der Waals surface area contributed by atoms with Gasteiger partial charge in [-0.25, -0.2) is 0 Å². The van der Waals surface area contributed by atoms with Gasteiger partial charge in [-0.05, 0) is 32.9 Å².